The third kappa shape index (κ3) is 4.99. The molecule has 6 nitrogen and oxygen atoms in total. The van der Waals surface area contributed by atoms with E-state index in [-0.39, 0.29) is 48.6 Å². The molecule has 4 rings (SSSR count). The number of hydrogen-bond donors (Lipinski definition) is 2. The first-order valence-corrected chi connectivity index (χ1v) is 9.50. The number of nitrogens with one attached hydrogen (secondary N) is 2. The zero-order chi connectivity index (χ0) is 17.9. The minimum Gasteiger partial charge on any atom is -0.371 e. The number of para-hydroxylation sites is 1. The van der Waals surface area contributed by atoms with Gasteiger partial charge in [0.05, 0.1) is 12.1 Å². The summed E-state index contributed by atoms with van der Waals surface area (Å²) in [6, 6.07) is 10.8. The van der Waals surface area contributed by atoms with Crippen molar-refractivity contribution in [1.29, 1.82) is 0 Å². The smallest absolute Gasteiger partial charge is 0.225 e. The molecule has 0 bridgehead atoms. The number of nitrogens with zero attached hydrogens (tertiary/aromatic N) is 3. The molecule has 1 amide bonds. The van der Waals surface area contributed by atoms with Crippen LogP contribution in [0.1, 0.15) is 24.3 Å². The van der Waals surface area contributed by atoms with Crippen molar-refractivity contribution in [3.8, 4) is 0 Å². The Morgan fingerprint density at radius 2 is 1.86 bits per heavy atom. The third-order valence-corrected chi connectivity index (χ3v) is 5.67. The average Bonchev–Trinajstić information content (AvgIpc) is 3.32. The molecule has 2 N–H and O–H groups in total. The van der Waals surface area contributed by atoms with Crippen molar-refractivity contribution in [1.82, 2.24) is 20.4 Å². The Hall–Kier alpha value is -1.76. The Bertz CT molecular complexity index is 746. The van der Waals surface area contributed by atoms with E-state index >= 15 is 0 Å². The number of halogens is 2. The number of anilines is 1. The highest BCUT2D eigenvalue weighted by atomic mass is 35.5. The molecule has 2 aliphatic heterocycles. The van der Waals surface area contributed by atoms with Crippen molar-refractivity contribution >= 4 is 36.4 Å². The zero-order valence-electron chi connectivity index (χ0n) is 16.1. The molecular formula is C20H29Cl2N5O. The number of aryl methyl sites for hydroxylation is 1. The van der Waals surface area contributed by atoms with Crippen molar-refractivity contribution in [3.63, 3.8) is 0 Å². The monoisotopic (exact) mass is 425 g/mol. The molecular weight excluding hydrogens is 397 g/mol. The molecule has 1 aromatic heterocycles. The molecule has 0 saturated carbocycles. The fourth-order valence-electron chi connectivity index (χ4n) is 4.17. The fraction of sp³-hybridized carbons (Fsp3) is 0.500. The Labute approximate surface area is 178 Å². The Kier molecular flexibility index (Phi) is 8.16. The van der Waals surface area contributed by atoms with E-state index in [4.69, 9.17) is 0 Å². The summed E-state index contributed by atoms with van der Waals surface area (Å²) >= 11 is 0. The number of amides is 1. The summed E-state index contributed by atoms with van der Waals surface area (Å²) in [7, 11) is 1.92. The highest BCUT2D eigenvalue weighted by Crippen LogP contribution is 2.28. The van der Waals surface area contributed by atoms with E-state index in [9.17, 15) is 4.79 Å². The Morgan fingerprint density at radius 3 is 2.50 bits per heavy atom. The van der Waals surface area contributed by atoms with Crippen LogP contribution in [-0.2, 0) is 11.8 Å². The van der Waals surface area contributed by atoms with Crippen molar-refractivity contribution in [2.75, 3.05) is 31.1 Å². The summed E-state index contributed by atoms with van der Waals surface area (Å²) in [6.45, 7) is 3.57. The molecule has 154 valence electrons. The van der Waals surface area contributed by atoms with Crippen LogP contribution in [0, 0.1) is 5.92 Å². The second kappa shape index (κ2) is 10.1. The van der Waals surface area contributed by atoms with Gasteiger partial charge in [-0.2, -0.15) is 5.10 Å². The maximum Gasteiger partial charge on any atom is 0.225 e. The minimum atomic E-state index is -0.00801. The molecule has 2 saturated heterocycles. The first-order valence-electron chi connectivity index (χ1n) is 9.50. The average molecular weight is 426 g/mol. The van der Waals surface area contributed by atoms with Crippen molar-refractivity contribution < 1.29 is 4.79 Å². The lowest BCUT2D eigenvalue weighted by atomic mass is 9.89. The van der Waals surface area contributed by atoms with Gasteiger partial charge in [-0.15, -0.1) is 24.8 Å². The molecule has 28 heavy (non-hydrogen) atoms. The van der Waals surface area contributed by atoms with Crippen LogP contribution in [0.2, 0.25) is 0 Å². The molecule has 8 heteroatoms. The number of piperidine rings is 1. The summed E-state index contributed by atoms with van der Waals surface area (Å²) in [4.78, 5) is 15.3. The molecule has 3 heterocycles. The topological polar surface area (TPSA) is 62.2 Å². The summed E-state index contributed by atoms with van der Waals surface area (Å²) < 4.78 is 1.81. The first kappa shape index (κ1) is 22.5. The highest BCUT2D eigenvalue weighted by molar-refractivity contribution is 5.85. The van der Waals surface area contributed by atoms with Crippen molar-refractivity contribution in [3.05, 3.63) is 48.3 Å². The molecule has 1 aromatic carbocycles. The zero-order valence-corrected chi connectivity index (χ0v) is 17.7. The number of rotatable bonds is 4. The summed E-state index contributed by atoms with van der Waals surface area (Å²) in [6.07, 6.45) is 5.91. The van der Waals surface area contributed by atoms with Gasteiger partial charge in [0.15, 0.2) is 0 Å². The van der Waals surface area contributed by atoms with E-state index in [1.807, 2.05) is 30.2 Å². The quantitative estimate of drug-likeness (QED) is 0.788. The third-order valence-electron chi connectivity index (χ3n) is 5.67. The van der Waals surface area contributed by atoms with Gasteiger partial charge in [0.1, 0.15) is 0 Å². The van der Waals surface area contributed by atoms with Gasteiger partial charge in [0.25, 0.3) is 0 Å². The molecule has 2 atom stereocenters. The van der Waals surface area contributed by atoms with Gasteiger partial charge in [0.2, 0.25) is 5.91 Å². The van der Waals surface area contributed by atoms with E-state index in [2.05, 4.69) is 44.9 Å². The SMILES string of the molecule is Cl.Cl.Cn1cc([C@H]2CNC[C@@H]2C(=O)NC2CCN(c3ccccc3)CC2)cn1. The van der Waals surface area contributed by atoms with Gasteiger partial charge in [-0.1, -0.05) is 18.2 Å². The Morgan fingerprint density at radius 1 is 1.14 bits per heavy atom. The molecule has 2 fully saturated rings. The van der Waals surface area contributed by atoms with Crippen LogP contribution in [0.25, 0.3) is 0 Å². The Balaban J connectivity index is 0.00000140. The second-order valence-electron chi connectivity index (χ2n) is 7.42. The van der Waals surface area contributed by atoms with Gasteiger partial charge in [-0.25, -0.2) is 0 Å². The van der Waals surface area contributed by atoms with E-state index in [1.54, 1.807) is 0 Å². The number of aromatic nitrogens is 2. The fourth-order valence-corrected chi connectivity index (χ4v) is 4.17. The van der Waals surface area contributed by atoms with Crippen LogP contribution in [-0.4, -0.2) is 47.9 Å². The van der Waals surface area contributed by atoms with E-state index in [0.717, 1.165) is 44.6 Å². The number of carbonyl (C=O) groups excluding carboxylic acids is 1. The lowest BCUT2D eigenvalue weighted by Gasteiger charge is -2.34. The van der Waals surface area contributed by atoms with Crippen LogP contribution < -0.4 is 15.5 Å². The second-order valence-corrected chi connectivity index (χ2v) is 7.42. The van der Waals surface area contributed by atoms with Gasteiger partial charge in [-0.3, -0.25) is 9.48 Å². The number of carbonyl (C=O) groups is 1. The molecule has 0 spiro atoms. The summed E-state index contributed by atoms with van der Waals surface area (Å²) in [5, 5.41) is 10.9. The predicted molar refractivity (Wildman–Crippen MR) is 117 cm³/mol. The van der Waals surface area contributed by atoms with Crippen molar-refractivity contribution in [2.24, 2.45) is 13.0 Å². The van der Waals surface area contributed by atoms with Gasteiger partial charge < -0.3 is 15.5 Å². The minimum absolute atomic E-state index is 0. The predicted octanol–water partition coefficient (Wildman–Crippen LogP) is 2.35. The van der Waals surface area contributed by atoms with Gasteiger partial charge in [0, 0.05) is 57.1 Å². The summed E-state index contributed by atoms with van der Waals surface area (Å²) in [5.74, 6) is 0.390. The molecule has 2 aliphatic rings. The van der Waals surface area contributed by atoms with Crippen LogP contribution in [0.15, 0.2) is 42.7 Å². The largest absolute Gasteiger partial charge is 0.371 e. The molecule has 0 unspecified atom stereocenters. The van der Waals surface area contributed by atoms with Crippen LogP contribution in [0.5, 0.6) is 0 Å². The lowest BCUT2D eigenvalue weighted by Crippen LogP contribution is -2.47. The van der Waals surface area contributed by atoms with Crippen LogP contribution in [0.3, 0.4) is 0 Å². The van der Waals surface area contributed by atoms with Gasteiger partial charge >= 0.3 is 0 Å². The molecule has 0 radical (unpaired) electrons. The maximum absolute atomic E-state index is 12.9. The maximum atomic E-state index is 12.9. The normalized spacial score (nSPS) is 22.2. The molecule has 2 aromatic rings. The number of hydrogen-bond acceptors (Lipinski definition) is 4. The molecule has 0 aliphatic carbocycles. The number of benzene rings is 1. The summed E-state index contributed by atoms with van der Waals surface area (Å²) in [5.41, 5.74) is 2.42. The van der Waals surface area contributed by atoms with E-state index in [0.29, 0.717) is 0 Å². The standard InChI is InChI=1S/C20H27N5O.2ClH/c1-24-14-15(11-22-24)18-12-21-13-19(18)20(26)23-16-7-9-25(10-8-16)17-5-3-2-4-6-17;;/h2-6,11,14,16,18-19,21H,7-10,12-13H2,1H3,(H,23,26);2*1H/t18-,19+;;/m1../s1. The van der Waals surface area contributed by atoms with E-state index in [1.165, 1.54) is 5.69 Å². The first-order chi connectivity index (χ1) is 12.7. The lowest BCUT2D eigenvalue weighted by molar-refractivity contribution is -0.125. The van der Waals surface area contributed by atoms with Gasteiger partial charge in [-0.05, 0) is 30.5 Å². The van der Waals surface area contributed by atoms with Crippen LogP contribution >= 0.6 is 24.8 Å². The highest BCUT2D eigenvalue weighted by Gasteiger charge is 2.35. The van der Waals surface area contributed by atoms with Crippen LogP contribution in [0.4, 0.5) is 5.69 Å². The van der Waals surface area contributed by atoms with E-state index < -0.39 is 0 Å². The van der Waals surface area contributed by atoms with Crippen molar-refractivity contribution in [2.45, 2.75) is 24.8 Å².